The second kappa shape index (κ2) is 6.52. The highest BCUT2D eigenvalue weighted by molar-refractivity contribution is 7.88. The van der Waals surface area contributed by atoms with Crippen LogP contribution in [0.1, 0.15) is 33.6 Å². The minimum absolute atomic E-state index is 0.370. The molecule has 2 atom stereocenters. The van der Waals surface area contributed by atoms with Crippen LogP contribution in [-0.2, 0) is 10.0 Å². The van der Waals surface area contributed by atoms with Gasteiger partial charge in [-0.3, -0.25) is 0 Å². The summed E-state index contributed by atoms with van der Waals surface area (Å²) in [4.78, 5) is 2.44. The molecule has 0 aromatic carbocycles. The molecule has 5 nitrogen and oxygen atoms in total. The van der Waals surface area contributed by atoms with E-state index in [2.05, 4.69) is 31.0 Å². The van der Waals surface area contributed by atoms with E-state index >= 15 is 0 Å². The van der Waals surface area contributed by atoms with Crippen molar-refractivity contribution in [3.05, 3.63) is 0 Å². The van der Waals surface area contributed by atoms with Gasteiger partial charge in [0.1, 0.15) is 0 Å². The van der Waals surface area contributed by atoms with Gasteiger partial charge in [0.2, 0.25) is 10.0 Å². The normalized spacial score (nSPS) is 31.6. The molecule has 2 rings (SSSR count). The number of nitrogens with one attached hydrogen (secondary N) is 1. The molecule has 0 radical (unpaired) electrons. The predicted molar refractivity (Wildman–Crippen MR) is 86.8 cm³/mol. The first-order valence-corrected chi connectivity index (χ1v) is 10.00. The lowest BCUT2D eigenvalue weighted by molar-refractivity contribution is 0.145. The highest BCUT2D eigenvalue weighted by Crippen LogP contribution is 2.41. The number of piperazine rings is 1. The highest BCUT2D eigenvalue weighted by Gasteiger charge is 2.42. The molecule has 124 valence electrons. The number of sulfonamides is 1. The fraction of sp³-hybridized carbons (Fsp3) is 1.00. The molecule has 0 amide bonds. The number of nitrogens with zero attached hydrogens (tertiary/aromatic N) is 2. The largest absolute Gasteiger partial charge is 0.313 e. The Hall–Kier alpha value is -0.170. The fourth-order valence-electron chi connectivity index (χ4n) is 3.95. The van der Waals surface area contributed by atoms with Gasteiger partial charge in [0.05, 0.1) is 6.26 Å². The minimum Gasteiger partial charge on any atom is -0.313 e. The number of hydrogen-bond acceptors (Lipinski definition) is 4. The van der Waals surface area contributed by atoms with E-state index < -0.39 is 10.0 Å². The Morgan fingerprint density at radius 2 is 1.81 bits per heavy atom. The molecular weight excluding hydrogens is 286 g/mol. The van der Waals surface area contributed by atoms with Gasteiger partial charge in [-0.1, -0.05) is 20.8 Å². The first-order valence-electron chi connectivity index (χ1n) is 8.15. The van der Waals surface area contributed by atoms with Crippen LogP contribution in [0.15, 0.2) is 0 Å². The van der Waals surface area contributed by atoms with Gasteiger partial charge in [-0.05, 0) is 30.7 Å². The first kappa shape index (κ1) is 17.2. The van der Waals surface area contributed by atoms with E-state index in [1.807, 2.05) is 0 Å². The summed E-state index contributed by atoms with van der Waals surface area (Å²) in [5.41, 5.74) is 0.370. The molecule has 0 spiro atoms. The van der Waals surface area contributed by atoms with E-state index in [1.165, 1.54) is 19.1 Å². The Morgan fingerprint density at radius 1 is 1.19 bits per heavy atom. The molecular formula is C15H31N3O2S. The van der Waals surface area contributed by atoms with Crippen molar-refractivity contribution in [1.82, 2.24) is 14.5 Å². The average Bonchev–Trinajstić information content (AvgIpc) is 2.66. The molecule has 2 aliphatic rings. The van der Waals surface area contributed by atoms with Gasteiger partial charge in [-0.25, -0.2) is 8.42 Å². The molecule has 1 N–H and O–H groups in total. The molecule has 0 bridgehead atoms. The van der Waals surface area contributed by atoms with E-state index in [9.17, 15) is 8.42 Å². The van der Waals surface area contributed by atoms with Crippen LogP contribution < -0.4 is 5.32 Å². The predicted octanol–water partition coefficient (Wildman–Crippen LogP) is 0.978. The third-order valence-corrected chi connectivity index (χ3v) is 6.49. The Morgan fingerprint density at radius 3 is 2.33 bits per heavy atom. The van der Waals surface area contributed by atoms with Crippen LogP contribution in [0, 0.1) is 11.3 Å². The summed E-state index contributed by atoms with van der Waals surface area (Å²) >= 11 is 0. The fourth-order valence-corrected chi connectivity index (χ4v) is 4.78. The SMILES string of the molecule is CCNC1C(CN2CCN(S(C)(=O)=O)CC2)CCC1(C)C. The summed E-state index contributed by atoms with van der Waals surface area (Å²) in [7, 11) is -3.02. The molecule has 2 fully saturated rings. The average molecular weight is 317 g/mol. The van der Waals surface area contributed by atoms with Crippen LogP contribution in [0.2, 0.25) is 0 Å². The van der Waals surface area contributed by atoms with Crippen molar-refractivity contribution in [1.29, 1.82) is 0 Å². The van der Waals surface area contributed by atoms with Gasteiger partial charge in [-0.15, -0.1) is 0 Å². The van der Waals surface area contributed by atoms with Gasteiger partial charge in [0.25, 0.3) is 0 Å². The Balaban J connectivity index is 1.88. The lowest BCUT2D eigenvalue weighted by atomic mass is 9.84. The second-order valence-electron chi connectivity index (χ2n) is 7.29. The molecule has 1 saturated heterocycles. The minimum atomic E-state index is -3.02. The van der Waals surface area contributed by atoms with Gasteiger partial charge in [0, 0.05) is 38.8 Å². The summed E-state index contributed by atoms with van der Waals surface area (Å²) < 4.78 is 24.7. The van der Waals surface area contributed by atoms with Crippen molar-refractivity contribution in [3.63, 3.8) is 0 Å². The van der Waals surface area contributed by atoms with Crippen LogP contribution in [0.25, 0.3) is 0 Å². The highest BCUT2D eigenvalue weighted by atomic mass is 32.2. The van der Waals surface area contributed by atoms with Crippen molar-refractivity contribution in [2.45, 2.75) is 39.7 Å². The Kier molecular flexibility index (Phi) is 5.34. The van der Waals surface area contributed by atoms with Crippen molar-refractivity contribution < 1.29 is 8.42 Å². The van der Waals surface area contributed by atoms with E-state index in [0.717, 1.165) is 26.2 Å². The molecule has 0 aromatic heterocycles. The first-order chi connectivity index (χ1) is 9.74. The van der Waals surface area contributed by atoms with E-state index in [1.54, 1.807) is 4.31 Å². The third-order valence-electron chi connectivity index (χ3n) is 5.19. The Bertz CT molecular complexity index is 442. The topological polar surface area (TPSA) is 52.6 Å². The number of rotatable bonds is 5. The maximum Gasteiger partial charge on any atom is 0.211 e. The van der Waals surface area contributed by atoms with E-state index in [0.29, 0.717) is 30.5 Å². The molecule has 6 heteroatoms. The summed E-state index contributed by atoms with van der Waals surface area (Å²) in [5, 5.41) is 3.67. The van der Waals surface area contributed by atoms with Crippen LogP contribution in [0.3, 0.4) is 0 Å². The van der Waals surface area contributed by atoms with Gasteiger partial charge >= 0.3 is 0 Å². The maximum atomic E-state index is 11.6. The van der Waals surface area contributed by atoms with Crippen molar-refractivity contribution in [3.8, 4) is 0 Å². The molecule has 2 unspecified atom stereocenters. The van der Waals surface area contributed by atoms with Crippen LogP contribution in [-0.4, -0.2) is 69.2 Å². The zero-order valence-corrected chi connectivity index (χ0v) is 14.7. The molecule has 0 aromatic rings. The molecule has 1 aliphatic heterocycles. The van der Waals surface area contributed by atoms with Crippen molar-refractivity contribution in [2.24, 2.45) is 11.3 Å². The summed E-state index contributed by atoms with van der Waals surface area (Å²) in [6.07, 6.45) is 3.86. The summed E-state index contributed by atoms with van der Waals surface area (Å²) in [5.74, 6) is 0.685. The van der Waals surface area contributed by atoms with Gasteiger partial charge < -0.3 is 10.2 Å². The lowest BCUT2D eigenvalue weighted by Crippen LogP contribution is -2.51. The Labute approximate surface area is 130 Å². The molecule has 1 heterocycles. The van der Waals surface area contributed by atoms with Gasteiger partial charge in [0.15, 0.2) is 0 Å². The summed E-state index contributed by atoms with van der Waals surface area (Å²) in [6, 6.07) is 0.579. The lowest BCUT2D eigenvalue weighted by Gasteiger charge is -2.37. The van der Waals surface area contributed by atoms with Gasteiger partial charge in [-0.2, -0.15) is 4.31 Å². The molecule has 1 saturated carbocycles. The zero-order chi connectivity index (χ0) is 15.7. The summed E-state index contributed by atoms with van der Waals surface area (Å²) in [6.45, 7) is 12.0. The standard InChI is InChI=1S/C15H31N3O2S/c1-5-16-14-13(6-7-15(14,2)3)12-17-8-10-18(11-9-17)21(4,19)20/h13-14,16H,5-12H2,1-4H3. The molecule has 21 heavy (non-hydrogen) atoms. The third kappa shape index (κ3) is 4.18. The van der Waals surface area contributed by atoms with Crippen molar-refractivity contribution >= 4 is 10.0 Å². The number of hydrogen-bond donors (Lipinski definition) is 1. The van der Waals surface area contributed by atoms with E-state index in [-0.39, 0.29) is 0 Å². The van der Waals surface area contributed by atoms with E-state index in [4.69, 9.17) is 0 Å². The monoisotopic (exact) mass is 317 g/mol. The smallest absolute Gasteiger partial charge is 0.211 e. The molecule has 1 aliphatic carbocycles. The quantitative estimate of drug-likeness (QED) is 0.821. The maximum absolute atomic E-state index is 11.6. The van der Waals surface area contributed by atoms with Crippen LogP contribution in [0.4, 0.5) is 0 Å². The van der Waals surface area contributed by atoms with Crippen LogP contribution in [0.5, 0.6) is 0 Å². The van der Waals surface area contributed by atoms with Crippen molar-refractivity contribution in [2.75, 3.05) is 45.5 Å². The van der Waals surface area contributed by atoms with Crippen LogP contribution >= 0.6 is 0 Å². The zero-order valence-electron chi connectivity index (χ0n) is 13.9. The second-order valence-corrected chi connectivity index (χ2v) is 9.27.